The third-order valence-electron chi connectivity index (χ3n) is 3.57. The van der Waals surface area contributed by atoms with Gasteiger partial charge in [0.2, 0.25) is 5.91 Å². The lowest BCUT2D eigenvalue weighted by Gasteiger charge is -2.25. The van der Waals surface area contributed by atoms with Crippen LogP contribution in [0.2, 0.25) is 0 Å². The van der Waals surface area contributed by atoms with E-state index < -0.39 is 0 Å². The standard InChI is InChI=1S/C18H18N2O/c1-2-19-13-18(21)20-16-9-5-3-7-14(16)11-12-15-8-4-6-10-17(15)20/h3-12,19H,2,13H2,1H3. The van der Waals surface area contributed by atoms with Crippen molar-refractivity contribution in [2.45, 2.75) is 6.92 Å². The van der Waals surface area contributed by atoms with Gasteiger partial charge in [0.15, 0.2) is 0 Å². The SMILES string of the molecule is CCNCC(=O)N1c2ccccc2C=Cc2ccccc21. The second-order valence-electron chi connectivity index (χ2n) is 4.96. The number of hydrogen-bond donors (Lipinski definition) is 1. The first kappa shape index (κ1) is 13.6. The van der Waals surface area contributed by atoms with Gasteiger partial charge in [0, 0.05) is 0 Å². The number of benzene rings is 2. The van der Waals surface area contributed by atoms with Gasteiger partial charge in [-0.15, -0.1) is 0 Å². The molecule has 1 heterocycles. The highest BCUT2D eigenvalue weighted by molar-refractivity contribution is 6.07. The van der Waals surface area contributed by atoms with Gasteiger partial charge in [-0.3, -0.25) is 9.69 Å². The molecule has 21 heavy (non-hydrogen) atoms. The van der Waals surface area contributed by atoms with Crippen LogP contribution in [0.5, 0.6) is 0 Å². The van der Waals surface area contributed by atoms with E-state index in [1.54, 1.807) is 0 Å². The van der Waals surface area contributed by atoms with E-state index in [0.717, 1.165) is 29.0 Å². The van der Waals surface area contributed by atoms with E-state index in [4.69, 9.17) is 0 Å². The van der Waals surface area contributed by atoms with Gasteiger partial charge in [0.05, 0.1) is 17.9 Å². The molecule has 1 aliphatic rings. The third-order valence-corrected chi connectivity index (χ3v) is 3.57. The highest BCUT2D eigenvalue weighted by Crippen LogP contribution is 2.35. The molecule has 1 amide bonds. The Morgan fingerprint density at radius 1 is 0.952 bits per heavy atom. The van der Waals surface area contributed by atoms with Gasteiger partial charge >= 0.3 is 0 Å². The largest absolute Gasteiger partial charge is 0.309 e. The van der Waals surface area contributed by atoms with Crippen molar-refractivity contribution < 1.29 is 4.79 Å². The Labute approximate surface area is 124 Å². The smallest absolute Gasteiger partial charge is 0.245 e. The van der Waals surface area contributed by atoms with Crippen molar-refractivity contribution in [3.05, 3.63) is 59.7 Å². The molecule has 1 aliphatic heterocycles. The summed E-state index contributed by atoms with van der Waals surface area (Å²) in [6.45, 7) is 3.11. The lowest BCUT2D eigenvalue weighted by atomic mass is 10.1. The van der Waals surface area contributed by atoms with Crippen LogP contribution in [0.25, 0.3) is 12.2 Å². The van der Waals surface area contributed by atoms with Crippen LogP contribution in [-0.4, -0.2) is 19.0 Å². The summed E-state index contributed by atoms with van der Waals surface area (Å²) < 4.78 is 0. The summed E-state index contributed by atoms with van der Waals surface area (Å²) in [6.07, 6.45) is 4.13. The average Bonchev–Trinajstić information content (AvgIpc) is 2.69. The van der Waals surface area contributed by atoms with Crippen molar-refractivity contribution in [3.8, 4) is 0 Å². The van der Waals surface area contributed by atoms with Gasteiger partial charge < -0.3 is 5.32 Å². The van der Waals surface area contributed by atoms with Crippen LogP contribution in [0.4, 0.5) is 11.4 Å². The van der Waals surface area contributed by atoms with Gasteiger partial charge in [0.25, 0.3) is 0 Å². The van der Waals surface area contributed by atoms with Gasteiger partial charge in [0.1, 0.15) is 0 Å². The minimum Gasteiger partial charge on any atom is -0.309 e. The summed E-state index contributed by atoms with van der Waals surface area (Å²) in [5, 5.41) is 3.12. The fraction of sp³-hybridized carbons (Fsp3) is 0.167. The number of hydrogen-bond acceptors (Lipinski definition) is 2. The summed E-state index contributed by atoms with van der Waals surface area (Å²) in [5.74, 6) is 0.0560. The molecule has 0 radical (unpaired) electrons. The summed E-state index contributed by atoms with van der Waals surface area (Å²) >= 11 is 0. The van der Waals surface area contributed by atoms with E-state index in [-0.39, 0.29) is 5.91 Å². The van der Waals surface area contributed by atoms with Crippen LogP contribution < -0.4 is 10.2 Å². The monoisotopic (exact) mass is 278 g/mol. The summed E-state index contributed by atoms with van der Waals surface area (Å²) in [7, 11) is 0. The lowest BCUT2D eigenvalue weighted by molar-refractivity contribution is -0.117. The molecular formula is C18H18N2O. The Kier molecular flexibility index (Phi) is 3.84. The second-order valence-corrected chi connectivity index (χ2v) is 4.96. The number of likely N-dealkylation sites (N-methyl/N-ethyl adjacent to an activating group) is 1. The van der Waals surface area contributed by atoms with Crippen molar-refractivity contribution in [1.29, 1.82) is 0 Å². The topological polar surface area (TPSA) is 32.3 Å². The van der Waals surface area contributed by atoms with Crippen molar-refractivity contribution in [2.24, 2.45) is 0 Å². The van der Waals surface area contributed by atoms with Gasteiger partial charge in [-0.1, -0.05) is 55.5 Å². The maximum absolute atomic E-state index is 12.7. The van der Waals surface area contributed by atoms with Crippen molar-refractivity contribution in [3.63, 3.8) is 0 Å². The van der Waals surface area contributed by atoms with Crippen LogP contribution >= 0.6 is 0 Å². The summed E-state index contributed by atoms with van der Waals surface area (Å²) in [5.41, 5.74) is 3.97. The number of amides is 1. The first-order chi connectivity index (χ1) is 10.3. The van der Waals surface area contributed by atoms with Crippen LogP contribution in [0.15, 0.2) is 48.5 Å². The lowest BCUT2D eigenvalue weighted by Crippen LogP contribution is -2.35. The maximum atomic E-state index is 12.7. The van der Waals surface area contributed by atoms with E-state index in [0.29, 0.717) is 6.54 Å². The molecule has 0 fully saturated rings. The summed E-state index contributed by atoms with van der Waals surface area (Å²) in [6, 6.07) is 16.0. The van der Waals surface area contributed by atoms with E-state index in [1.807, 2.05) is 60.4 Å². The Morgan fingerprint density at radius 3 is 2.00 bits per heavy atom. The number of para-hydroxylation sites is 2. The van der Waals surface area contributed by atoms with Crippen molar-refractivity contribution in [1.82, 2.24) is 5.32 Å². The van der Waals surface area contributed by atoms with Crippen LogP contribution in [0, 0.1) is 0 Å². The van der Waals surface area contributed by atoms with Crippen molar-refractivity contribution >= 4 is 29.4 Å². The fourth-order valence-electron chi connectivity index (χ4n) is 2.55. The third kappa shape index (κ3) is 2.60. The highest BCUT2D eigenvalue weighted by atomic mass is 16.2. The first-order valence-electron chi connectivity index (χ1n) is 7.21. The van der Waals surface area contributed by atoms with Gasteiger partial charge in [-0.2, -0.15) is 0 Å². The minimum atomic E-state index is 0.0560. The molecule has 0 unspecified atom stereocenters. The highest BCUT2D eigenvalue weighted by Gasteiger charge is 2.22. The predicted molar refractivity (Wildman–Crippen MR) is 87.5 cm³/mol. The van der Waals surface area contributed by atoms with Gasteiger partial charge in [-0.05, 0) is 29.8 Å². The molecule has 106 valence electrons. The van der Waals surface area contributed by atoms with Crippen LogP contribution in [-0.2, 0) is 4.79 Å². The zero-order valence-corrected chi connectivity index (χ0v) is 12.0. The van der Waals surface area contributed by atoms with E-state index >= 15 is 0 Å². The maximum Gasteiger partial charge on any atom is 0.245 e. The number of rotatable bonds is 3. The molecule has 1 N–H and O–H groups in total. The quantitative estimate of drug-likeness (QED) is 0.932. The molecule has 3 rings (SSSR count). The Bertz CT molecular complexity index is 642. The second kappa shape index (κ2) is 5.94. The molecule has 0 saturated heterocycles. The molecule has 0 spiro atoms. The number of carbonyl (C=O) groups excluding carboxylic acids is 1. The number of anilines is 2. The number of fused-ring (bicyclic) bond motifs is 2. The Hall–Kier alpha value is -2.39. The average molecular weight is 278 g/mol. The molecule has 3 nitrogen and oxygen atoms in total. The van der Waals surface area contributed by atoms with Crippen molar-refractivity contribution in [2.75, 3.05) is 18.0 Å². The minimum absolute atomic E-state index is 0.0560. The molecule has 0 bridgehead atoms. The molecule has 2 aromatic carbocycles. The van der Waals surface area contributed by atoms with Gasteiger partial charge in [-0.25, -0.2) is 0 Å². The first-order valence-corrected chi connectivity index (χ1v) is 7.21. The zero-order valence-electron chi connectivity index (χ0n) is 12.0. The Morgan fingerprint density at radius 2 is 1.48 bits per heavy atom. The predicted octanol–water partition coefficient (Wildman–Crippen LogP) is 3.44. The molecule has 3 heteroatoms. The van der Waals surface area contributed by atoms with Crippen LogP contribution in [0.1, 0.15) is 18.1 Å². The number of carbonyl (C=O) groups is 1. The molecule has 2 aromatic rings. The molecular weight excluding hydrogens is 260 g/mol. The van der Waals surface area contributed by atoms with E-state index in [1.165, 1.54) is 0 Å². The Balaban J connectivity index is 2.12. The van der Waals surface area contributed by atoms with Crippen LogP contribution in [0.3, 0.4) is 0 Å². The van der Waals surface area contributed by atoms with E-state index in [9.17, 15) is 4.79 Å². The zero-order chi connectivity index (χ0) is 14.7. The van der Waals surface area contributed by atoms with E-state index in [2.05, 4.69) is 17.5 Å². The number of nitrogens with one attached hydrogen (secondary N) is 1. The molecule has 0 aromatic heterocycles. The fourth-order valence-corrected chi connectivity index (χ4v) is 2.55. The molecule has 0 saturated carbocycles. The number of nitrogens with zero attached hydrogens (tertiary/aromatic N) is 1. The normalized spacial score (nSPS) is 12.5. The molecule has 0 aliphatic carbocycles. The summed E-state index contributed by atoms with van der Waals surface area (Å²) in [4.78, 5) is 14.5. The molecule has 0 atom stereocenters.